The molecule has 1 saturated heterocycles. The molecule has 0 saturated carbocycles. The van der Waals surface area contributed by atoms with E-state index in [-0.39, 0.29) is 6.61 Å². The van der Waals surface area contributed by atoms with E-state index in [1.54, 1.807) is 0 Å². The predicted molar refractivity (Wildman–Crippen MR) is 80.0 cm³/mol. The van der Waals surface area contributed by atoms with Crippen LogP contribution < -0.4 is 4.90 Å². The summed E-state index contributed by atoms with van der Waals surface area (Å²) in [6, 6.07) is 0.512. The summed E-state index contributed by atoms with van der Waals surface area (Å²) in [4.78, 5) is 11.8. The Morgan fingerprint density at radius 1 is 1.20 bits per heavy atom. The first kappa shape index (κ1) is 13.8. The Labute approximate surface area is 121 Å². The normalized spacial score (nSPS) is 26.4. The van der Waals surface area contributed by atoms with Crippen molar-refractivity contribution in [3.05, 3.63) is 17.1 Å². The highest BCUT2D eigenvalue weighted by Crippen LogP contribution is 2.33. The van der Waals surface area contributed by atoms with E-state index in [9.17, 15) is 5.11 Å². The number of aryl methyl sites for hydroxylation is 2. The smallest absolute Gasteiger partial charge is 0.136 e. The van der Waals surface area contributed by atoms with E-state index in [0.29, 0.717) is 12.0 Å². The Kier molecular flexibility index (Phi) is 3.92. The van der Waals surface area contributed by atoms with Crippen LogP contribution in [0.3, 0.4) is 0 Å². The average Bonchev–Trinajstić information content (AvgIpc) is 2.47. The van der Waals surface area contributed by atoms with Crippen LogP contribution in [0.1, 0.15) is 49.7 Å². The summed E-state index contributed by atoms with van der Waals surface area (Å²) in [5.41, 5.74) is 2.63. The fourth-order valence-electron chi connectivity index (χ4n) is 3.56. The number of anilines is 1. The minimum absolute atomic E-state index is 0.287. The molecule has 0 bridgehead atoms. The summed E-state index contributed by atoms with van der Waals surface area (Å²) >= 11 is 0. The molecular formula is C16H25N3O. The summed E-state index contributed by atoms with van der Waals surface area (Å²) in [6.45, 7) is 5.49. The molecule has 1 aliphatic heterocycles. The molecule has 0 radical (unpaired) electrons. The molecule has 2 unspecified atom stereocenters. The topological polar surface area (TPSA) is 49.2 Å². The molecule has 3 rings (SSSR count). The van der Waals surface area contributed by atoms with Crippen molar-refractivity contribution in [2.24, 2.45) is 5.92 Å². The number of piperidine rings is 1. The van der Waals surface area contributed by atoms with Gasteiger partial charge in [-0.2, -0.15) is 0 Å². The SMILES string of the molecule is Cc1nc2c(c(N3CC(CO)CCC3C)n1)CCCC2. The molecule has 1 aliphatic carbocycles. The van der Waals surface area contributed by atoms with Gasteiger partial charge in [0.1, 0.15) is 11.6 Å². The zero-order chi connectivity index (χ0) is 14.1. The van der Waals surface area contributed by atoms with Crippen LogP contribution in [0.5, 0.6) is 0 Å². The van der Waals surface area contributed by atoms with Gasteiger partial charge < -0.3 is 10.0 Å². The van der Waals surface area contributed by atoms with Crippen molar-refractivity contribution in [2.45, 2.75) is 58.4 Å². The number of aromatic nitrogens is 2. The maximum Gasteiger partial charge on any atom is 0.136 e. The van der Waals surface area contributed by atoms with E-state index in [0.717, 1.165) is 43.9 Å². The Bertz CT molecular complexity index is 489. The summed E-state index contributed by atoms with van der Waals surface area (Å²) in [5, 5.41) is 9.48. The van der Waals surface area contributed by atoms with Crippen LogP contribution in [0.15, 0.2) is 0 Å². The van der Waals surface area contributed by atoms with Crippen molar-refractivity contribution >= 4 is 5.82 Å². The van der Waals surface area contributed by atoms with E-state index in [2.05, 4.69) is 16.8 Å². The Hall–Kier alpha value is -1.16. The Balaban J connectivity index is 1.97. The standard InChI is InChI=1S/C16H25N3O/c1-11-7-8-13(10-20)9-19(11)16-14-5-3-4-6-15(14)17-12(2)18-16/h11,13,20H,3-10H2,1-2H3. The van der Waals surface area contributed by atoms with Crippen LogP contribution in [0, 0.1) is 12.8 Å². The van der Waals surface area contributed by atoms with Gasteiger partial charge >= 0.3 is 0 Å². The lowest BCUT2D eigenvalue weighted by molar-refractivity contribution is 0.199. The van der Waals surface area contributed by atoms with Crippen molar-refractivity contribution in [2.75, 3.05) is 18.1 Å². The van der Waals surface area contributed by atoms with Gasteiger partial charge in [0.15, 0.2) is 0 Å². The minimum atomic E-state index is 0.287. The lowest BCUT2D eigenvalue weighted by Crippen LogP contribution is -2.44. The quantitative estimate of drug-likeness (QED) is 0.899. The summed E-state index contributed by atoms with van der Waals surface area (Å²) in [6.07, 6.45) is 6.97. The second kappa shape index (κ2) is 5.68. The first-order chi connectivity index (χ1) is 9.69. The zero-order valence-corrected chi connectivity index (χ0v) is 12.6. The largest absolute Gasteiger partial charge is 0.396 e. The lowest BCUT2D eigenvalue weighted by atomic mass is 9.91. The molecule has 1 N–H and O–H groups in total. The lowest BCUT2D eigenvalue weighted by Gasteiger charge is -2.40. The maximum atomic E-state index is 9.48. The average molecular weight is 275 g/mol. The first-order valence-corrected chi connectivity index (χ1v) is 7.93. The van der Waals surface area contributed by atoms with Gasteiger partial charge in [0.25, 0.3) is 0 Å². The molecule has 0 aromatic carbocycles. The number of rotatable bonds is 2. The first-order valence-electron chi connectivity index (χ1n) is 7.93. The van der Waals surface area contributed by atoms with Crippen LogP contribution in [-0.2, 0) is 12.8 Å². The summed E-state index contributed by atoms with van der Waals surface area (Å²) in [5.74, 6) is 2.43. The number of aliphatic hydroxyl groups is 1. The highest BCUT2D eigenvalue weighted by atomic mass is 16.3. The van der Waals surface area contributed by atoms with Gasteiger partial charge in [0.05, 0.1) is 0 Å². The van der Waals surface area contributed by atoms with Crippen LogP contribution in [0.2, 0.25) is 0 Å². The van der Waals surface area contributed by atoms with Gasteiger partial charge in [-0.25, -0.2) is 9.97 Å². The fraction of sp³-hybridized carbons (Fsp3) is 0.750. The molecule has 20 heavy (non-hydrogen) atoms. The van der Waals surface area contributed by atoms with E-state index in [1.165, 1.54) is 24.1 Å². The monoisotopic (exact) mass is 275 g/mol. The predicted octanol–water partition coefficient (Wildman–Crippen LogP) is 2.26. The minimum Gasteiger partial charge on any atom is -0.396 e. The number of fused-ring (bicyclic) bond motifs is 1. The second-order valence-electron chi connectivity index (χ2n) is 6.35. The van der Waals surface area contributed by atoms with Crippen LogP contribution in [-0.4, -0.2) is 34.3 Å². The van der Waals surface area contributed by atoms with Crippen molar-refractivity contribution in [3.63, 3.8) is 0 Å². The molecule has 0 spiro atoms. The Morgan fingerprint density at radius 3 is 2.80 bits per heavy atom. The molecular weight excluding hydrogens is 250 g/mol. The van der Waals surface area contributed by atoms with Gasteiger partial charge in [-0.3, -0.25) is 0 Å². The molecule has 2 heterocycles. The Morgan fingerprint density at radius 2 is 2.00 bits per heavy atom. The molecule has 1 aromatic heterocycles. The van der Waals surface area contributed by atoms with Gasteiger partial charge in [-0.15, -0.1) is 0 Å². The number of nitrogens with zero attached hydrogens (tertiary/aromatic N) is 3. The van der Waals surface area contributed by atoms with Gasteiger partial charge in [-0.1, -0.05) is 0 Å². The van der Waals surface area contributed by atoms with E-state index >= 15 is 0 Å². The third-order valence-corrected chi connectivity index (χ3v) is 4.78. The zero-order valence-electron chi connectivity index (χ0n) is 12.6. The summed E-state index contributed by atoms with van der Waals surface area (Å²) < 4.78 is 0. The molecule has 2 aliphatic rings. The van der Waals surface area contributed by atoms with E-state index in [4.69, 9.17) is 4.98 Å². The van der Waals surface area contributed by atoms with Gasteiger partial charge in [0, 0.05) is 30.5 Å². The molecule has 4 nitrogen and oxygen atoms in total. The van der Waals surface area contributed by atoms with Crippen molar-refractivity contribution in [1.82, 2.24) is 9.97 Å². The highest BCUT2D eigenvalue weighted by molar-refractivity contribution is 5.51. The second-order valence-corrected chi connectivity index (χ2v) is 6.35. The van der Waals surface area contributed by atoms with Crippen molar-refractivity contribution in [1.29, 1.82) is 0 Å². The molecule has 0 amide bonds. The highest BCUT2D eigenvalue weighted by Gasteiger charge is 2.29. The number of hydrogen-bond acceptors (Lipinski definition) is 4. The van der Waals surface area contributed by atoms with Gasteiger partial charge in [-0.05, 0) is 58.3 Å². The molecule has 4 heteroatoms. The van der Waals surface area contributed by atoms with Crippen LogP contribution >= 0.6 is 0 Å². The molecule has 1 aromatic rings. The van der Waals surface area contributed by atoms with Crippen LogP contribution in [0.4, 0.5) is 5.82 Å². The van der Waals surface area contributed by atoms with Crippen molar-refractivity contribution < 1.29 is 5.11 Å². The fourth-order valence-corrected chi connectivity index (χ4v) is 3.56. The number of hydrogen-bond donors (Lipinski definition) is 1. The maximum absolute atomic E-state index is 9.48. The van der Waals surface area contributed by atoms with Gasteiger partial charge in [0.2, 0.25) is 0 Å². The van der Waals surface area contributed by atoms with Crippen molar-refractivity contribution in [3.8, 4) is 0 Å². The summed E-state index contributed by atoms with van der Waals surface area (Å²) in [7, 11) is 0. The third-order valence-electron chi connectivity index (χ3n) is 4.78. The molecule has 1 fully saturated rings. The number of aliphatic hydroxyl groups excluding tert-OH is 1. The molecule has 2 atom stereocenters. The van der Waals surface area contributed by atoms with E-state index < -0.39 is 0 Å². The van der Waals surface area contributed by atoms with Crippen LogP contribution in [0.25, 0.3) is 0 Å². The molecule has 110 valence electrons. The third kappa shape index (κ3) is 2.53. The van der Waals surface area contributed by atoms with E-state index in [1.807, 2.05) is 6.92 Å².